The van der Waals surface area contributed by atoms with Gasteiger partial charge in [0.15, 0.2) is 0 Å². The van der Waals surface area contributed by atoms with Gasteiger partial charge in [0.1, 0.15) is 0 Å². The fraction of sp³-hybridized carbons (Fsp3) is 0.227. The van der Waals surface area contributed by atoms with Crippen LogP contribution in [0.4, 0.5) is 17.1 Å². The quantitative estimate of drug-likeness (QED) is 0.677. The van der Waals surface area contributed by atoms with Crippen LogP contribution in [0.2, 0.25) is 0 Å². The third-order valence-corrected chi connectivity index (χ3v) is 4.27. The van der Waals surface area contributed by atoms with E-state index in [0.29, 0.717) is 5.71 Å². The lowest BCUT2D eigenvalue weighted by Gasteiger charge is -2.19. The van der Waals surface area contributed by atoms with Gasteiger partial charge in [0, 0.05) is 17.1 Å². The molecule has 3 rings (SSSR count). The molecule has 3 heteroatoms. The Balaban J connectivity index is 1.63. The second kappa shape index (κ2) is 6.98. The third kappa shape index (κ3) is 4.38. The molecule has 0 saturated heterocycles. The highest BCUT2D eigenvalue weighted by molar-refractivity contribution is 6.01. The largest absolute Gasteiger partial charge is 0.373 e. The lowest BCUT2D eigenvalue weighted by atomic mass is 9.87. The highest BCUT2D eigenvalue weighted by atomic mass is 14.9. The maximum absolute atomic E-state index is 7.93. The van der Waals surface area contributed by atoms with Crippen LogP contribution in [0.15, 0.2) is 72.8 Å². The Bertz CT molecular complexity index is 791. The van der Waals surface area contributed by atoms with Gasteiger partial charge in [0.2, 0.25) is 0 Å². The van der Waals surface area contributed by atoms with Crippen LogP contribution in [0.25, 0.3) is 0 Å². The van der Waals surface area contributed by atoms with Gasteiger partial charge in [-0.2, -0.15) is 0 Å². The van der Waals surface area contributed by atoms with E-state index in [1.54, 1.807) is 0 Å². The summed E-state index contributed by atoms with van der Waals surface area (Å²) in [6.45, 7) is 6.66. The van der Waals surface area contributed by atoms with Crippen LogP contribution in [0.1, 0.15) is 26.3 Å². The van der Waals surface area contributed by atoms with Crippen molar-refractivity contribution >= 4 is 22.8 Å². The van der Waals surface area contributed by atoms with Crippen molar-refractivity contribution < 1.29 is 0 Å². The van der Waals surface area contributed by atoms with Crippen LogP contribution in [-0.4, -0.2) is 11.8 Å². The van der Waals surface area contributed by atoms with E-state index in [1.165, 1.54) is 5.56 Å². The standard InChI is InChI=1S/C22H25N3/c1-22(2,3)16-8-10-17(11-9-16)24-18-12-14-19(15-13-18)25-21-7-5-4-6-20(21)23/h4-15,21,23-25H,1-3H3. The van der Waals surface area contributed by atoms with E-state index in [1.807, 2.05) is 48.6 Å². The molecule has 1 atom stereocenters. The van der Waals surface area contributed by atoms with Gasteiger partial charge in [-0.15, -0.1) is 0 Å². The SMILES string of the molecule is CC(C)(C)c1ccc(Nc2ccc(NC3C=CC=CC3=N)cc2)cc1. The Morgan fingerprint density at radius 3 is 1.92 bits per heavy atom. The molecule has 0 spiro atoms. The molecular formula is C22H25N3. The summed E-state index contributed by atoms with van der Waals surface area (Å²) in [5.41, 5.74) is 5.20. The molecule has 1 aliphatic rings. The minimum absolute atomic E-state index is 0.0613. The monoisotopic (exact) mass is 331 g/mol. The molecule has 0 saturated carbocycles. The number of hydrogen-bond acceptors (Lipinski definition) is 3. The summed E-state index contributed by atoms with van der Waals surface area (Å²) in [6.07, 6.45) is 7.66. The molecule has 2 aromatic carbocycles. The lowest BCUT2D eigenvalue weighted by molar-refractivity contribution is 0.590. The Morgan fingerprint density at radius 2 is 1.36 bits per heavy atom. The van der Waals surface area contributed by atoms with Gasteiger partial charge < -0.3 is 16.0 Å². The average Bonchev–Trinajstić information content (AvgIpc) is 2.58. The summed E-state index contributed by atoms with van der Waals surface area (Å²) >= 11 is 0. The zero-order chi connectivity index (χ0) is 17.9. The van der Waals surface area contributed by atoms with Crippen molar-refractivity contribution in [1.82, 2.24) is 0 Å². The maximum atomic E-state index is 7.93. The molecule has 3 nitrogen and oxygen atoms in total. The molecule has 1 aliphatic carbocycles. The summed E-state index contributed by atoms with van der Waals surface area (Å²) in [4.78, 5) is 0. The fourth-order valence-electron chi connectivity index (χ4n) is 2.72. The van der Waals surface area contributed by atoms with Gasteiger partial charge in [-0.25, -0.2) is 0 Å². The first-order chi connectivity index (χ1) is 11.9. The van der Waals surface area contributed by atoms with Gasteiger partial charge in [0.25, 0.3) is 0 Å². The van der Waals surface area contributed by atoms with Crippen LogP contribution in [0, 0.1) is 5.41 Å². The summed E-state index contributed by atoms with van der Waals surface area (Å²) in [5, 5.41) is 14.7. The molecule has 0 heterocycles. The first-order valence-electron chi connectivity index (χ1n) is 8.59. The first kappa shape index (κ1) is 17.0. The van der Waals surface area contributed by atoms with Gasteiger partial charge in [-0.05, 0) is 53.5 Å². The lowest BCUT2D eigenvalue weighted by Crippen LogP contribution is -2.26. The molecule has 0 aliphatic heterocycles. The van der Waals surface area contributed by atoms with Crippen molar-refractivity contribution in [2.24, 2.45) is 0 Å². The predicted molar refractivity (Wildman–Crippen MR) is 108 cm³/mol. The summed E-state index contributed by atoms with van der Waals surface area (Å²) in [6, 6.07) is 16.7. The molecule has 2 aromatic rings. The fourth-order valence-corrected chi connectivity index (χ4v) is 2.72. The van der Waals surface area contributed by atoms with Crippen molar-refractivity contribution in [2.75, 3.05) is 10.6 Å². The Kier molecular flexibility index (Phi) is 4.75. The zero-order valence-corrected chi connectivity index (χ0v) is 15.0. The van der Waals surface area contributed by atoms with Crippen LogP contribution < -0.4 is 10.6 Å². The van der Waals surface area contributed by atoms with Crippen LogP contribution in [-0.2, 0) is 5.41 Å². The van der Waals surface area contributed by atoms with Crippen molar-refractivity contribution in [2.45, 2.75) is 32.2 Å². The van der Waals surface area contributed by atoms with E-state index in [9.17, 15) is 0 Å². The summed E-state index contributed by atoms with van der Waals surface area (Å²) in [5.74, 6) is 0. The molecule has 0 radical (unpaired) electrons. The number of hydrogen-bond donors (Lipinski definition) is 3. The van der Waals surface area contributed by atoms with Crippen LogP contribution in [0.3, 0.4) is 0 Å². The molecule has 128 valence electrons. The van der Waals surface area contributed by atoms with Crippen LogP contribution in [0.5, 0.6) is 0 Å². The van der Waals surface area contributed by atoms with E-state index in [0.717, 1.165) is 17.1 Å². The number of nitrogens with one attached hydrogen (secondary N) is 3. The molecule has 0 aromatic heterocycles. The van der Waals surface area contributed by atoms with E-state index in [-0.39, 0.29) is 11.5 Å². The van der Waals surface area contributed by atoms with Gasteiger partial charge >= 0.3 is 0 Å². The smallest absolute Gasteiger partial charge is 0.0865 e. The van der Waals surface area contributed by atoms with Crippen molar-refractivity contribution in [1.29, 1.82) is 5.41 Å². The maximum Gasteiger partial charge on any atom is 0.0865 e. The molecule has 3 N–H and O–H groups in total. The van der Waals surface area contributed by atoms with Crippen molar-refractivity contribution in [3.05, 3.63) is 78.4 Å². The molecule has 0 amide bonds. The van der Waals surface area contributed by atoms with Gasteiger partial charge in [-0.1, -0.05) is 51.1 Å². The molecular weight excluding hydrogens is 306 g/mol. The van der Waals surface area contributed by atoms with Crippen molar-refractivity contribution in [3.8, 4) is 0 Å². The second-order valence-electron chi connectivity index (χ2n) is 7.35. The minimum Gasteiger partial charge on any atom is -0.373 e. The Labute approximate surface area is 150 Å². The number of allylic oxidation sites excluding steroid dienone is 2. The zero-order valence-electron chi connectivity index (χ0n) is 15.0. The number of rotatable bonds is 4. The number of benzene rings is 2. The average molecular weight is 331 g/mol. The van der Waals surface area contributed by atoms with E-state index >= 15 is 0 Å². The van der Waals surface area contributed by atoms with Crippen LogP contribution >= 0.6 is 0 Å². The molecule has 0 fully saturated rings. The Morgan fingerprint density at radius 1 is 0.800 bits per heavy atom. The van der Waals surface area contributed by atoms with E-state index in [2.05, 4.69) is 55.7 Å². The normalized spacial score (nSPS) is 16.8. The summed E-state index contributed by atoms with van der Waals surface area (Å²) < 4.78 is 0. The van der Waals surface area contributed by atoms with E-state index in [4.69, 9.17) is 5.41 Å². The van der Waals surface area contributed by atoms with Gasteiger partial charge in [-0.3, -0.25) is 0 Å². The predicted octanol–water partition coefficient (Wildman–Crippen LogP) is 5.65. The topological polar surface area (TPSA) is 47.9 Å². The first-order valence-corrected chi connectivity index (χ1v) is 8.59. The minimum atomic E-state index is -0.0613. The molecule has 25 heavy (non-hydrogen) atoms. The third-order valence-electron chi connectivity index (χ3n) is 4.27. The highest BCUT2D eigenvalue weighted by Gasteiger charge is 2.13. The number of anilines is 3. The summed E-state index contributed by atoms with van der Waals surface area (Å²) in [7, 11) is 0. The second-order valence-corrected chi connectivity index (χ2v) is 7.35. The van der Waals surface area contributed by atoms with E-state index < -0.39 is 0 Å². The highest BCUT2D eigenvalue weighted by Crippen LogP contribution is 2.25. The Hall–Kier alpha value is -2.81. The molecule has 0 bridgehead atoms. The molecule has 1 unspecified atom stereocenters. The van der Waals surface area contributed by atoms with Gasteiger partial charge in [0.05, 0.1) is 11.8 Å². The van der Waals surface area contributed by atoms with Crippen molar-refractivity contribution in [3.63, 3.8) is 0 Å².